The van der Waals surface area contributed by atoms with Gasteiger partial charge in [0.2, 0.25) is 5.91 Å². The molecule has 0 aliphatic heterocycles. The Bertz CT molecular complexity index is 1190. The van der Waals surface area contributed by atoms with Gasteiger partial charge in [-0.25, -0.2) is 4.68 Å². The molecule has 1 amide bonds. The van der Waals surface area contributed by atoms with E-state index < -0.39 is 0 Å². The number of para-hydroxylation sites is 2. The molecule has 0 aliphatic rings. The molecule has 4 aromatic rings. The van der Waals surface area contributed by atoms with Gasteiger partial charge in [-0.05, 0) is 68.5 Å². The van der Waals surface area contributed by atoms with Crippen LogP contribution in [0.5, 0.6) is 11.5 Å². The number of nitrogens with zero attached hydrogens (tertiary/aromatic N) is 2. The van der Waals surface area contributed by atoms with Crippen LogP contribution in [-0.4, -0.2) is 15.7 Å². The molecule has 5 nitrogen and oxygen atoms in total. The molecule has 0 fully saturated rings. The summed E-state index contributed by atoms with van der Waals surface area (Å²) in [7, 11) is 0. The first-order valence-corrected chi connectivity index (χ1v) is 10.0. The van der Waals surface area contributed by atoms with Gasteiger partial charge in [0.25, 0.3) is 0 Å². The molecular formula is C26H23N3O2. The second-order valence-corrected chi connectivity index (χ2v) is 7.09. The molecule has 1 aromatic heterocycles. The number of carbonyl (C=O) groups is 1. The fraction of sp³-hybridized carbons (Fsp3) is 0.0769. The number of ether oxygens (including phenoxy) is 1. The first-order chi connectivity index (χ1) is 15.1. The highest BCUT2D eigenvalue weighted by Gasteiger charge is 2.10. The van der Waals surface area contributed by atoms with E-state index in [2.05, 4.69) is 10.4 Å². The van der Waals surface area contributed by atoms with Crippen molar-refractivity contribution in [3.63, 3.8) is 0 Å². The number of aromatic nitrogens is 2. The average molecular weight is 409 g/mol. The molecule has 31 heavy (non-hydrogen) atoms. The number of hydrogen-bond acceptors (Lipinski definition) is 3. The highest BCUT2D eigenvalue weighted by molar-refractivity contribution is 6.02. The third kappa shape index (κ3) is 4.90. The molecule has 4 rings (SSSR count). The molecule has 0 saturated heterocycles. The molecule has 0 unspecified atom stereocenters. The molecule has 0 saturated carbocycles. The Balaban J connectivity index is 1.41. The zero-order valence-corrected chi connectivity index (χ0v) is 17.4. The van der Waals surface area contributed by atoms with Crippen molar-refractivity contribution in [1.82, 2.24) is 9.78 Å². The first-order valence-electron chi connectivity index (χ1n) is 10.0. The summed E-state index contributed by atoms with van der Waals surface area (Å²) < 4.78 is 7.66. The van der Waals surface area contributed by atoms with E-state index >= 15 is 0 Å². The lowest BCUT2D eigenvalue weighted by molar-refractivity contribution is -0.111. The summed E-state index contributed by atoms with van der Waals surface area (Å²) in [4.78, 5) is 12.4. The molecule has 5 heteroatoms. The fourth-order valence-electron chi connectivity index (χ4n) is 3.29. The summed E-state index contributed by atoms with van der Waals surface area (Å²) in [5, 5.41) is 7.48. The van der Waals surface area contributed by atoms with Crippen LogP contribution in [0.4, 0.5) is 5.69 Å². The van der Waals surface area contributed by atoms with Gasteiger partial charge >= 0.3 is 0 Å². The Morgan fingerprint density at radius 3 is 2.16 bits per heavy atom. The van der Waals surface area contributed by atoms with Crippen LogP contribution in [0.1, 0.15) is 17.0 Å². The van der Waals surface area contributed by atoms with E-state index in [1.165, 1.54) is 6.08 Å². The molecule has 0 bridgehead atoms. The molecule has 3 aromatic carbocycles. The number of carbonyl (C=O) groups excluding carboxylic acids is 1. The van der Waals surface area contributed by atoms with E-state index in [0.29, 0.717) is 11.4 Å². The molecule has 154 valence electrons. The van der Waals surface area contributed by atoms with E-state index in [0.717, 1.165) is 28.4 Å². The highest BCUT2D eigenvalue weighted by Crippen LogP contribution is 2.23. The lowest BCUT2D eigenvalue weighted by Gasteiger charge is -2.07. The lowest BCUT2D eigenvalue weighted by atomic mass is 10.2. The number of nitrogens with one attached hydrogen (secondary N) is 1. The van der Waals surface area contributed by atoms with E-state index in [9.17, 15) is 4.79 Å². The summed E-state index contributed by atoms with van der Waals surface area (Å²) in [6.07, 6.45) is 3.33. The van der Waals surface area contributed by atoms with Crippen LogP contribution in [0.2, 0.25) is 0 Å². The van der Waals surface area contributed by atoms with Crippen molar-refractivity contribution in [1.29, 1.82) is 0 Å². The summed E-state index contributed by atoms with van der Waals surface area (Å²) in [6.45, 7) is 3.94. The molecule has 0 aliphatic carbocycles. The molecular weight excluding hydrogens is 386 g/mol. The minimum Gasteiger partial charge on any atom is -0.457 e. The molecule has 1 heterocycles. The van der Waals surface area contributed by atoms with Gasteiger partial charge in [-0.3, -0.25) is 4.79 Å². The maximum atomic E-state index is 12.4. The van der Waals surface area contributed by atoms with Crippen molar-refractivity contribution in [3.8, 4) is 17.2 Å². The van der Waals surface area contributed by atoms with E-state index in [1.807, 2.05) is 103 Å². The third-order valence-electron chi connectivity index (χ3n) is 4.85. The van der Waals surface area contributed by atoms with Gasteiger partial charge in [0, 0.05) is 23.0 Å². The predicted molar refractivity (Wildman–Crippen MR) is 124 cm³/mol. The Labute approximate surface area is 181 Å². The smallest absolute Gasteiger partial charge is 0.248 e. The van der Waals surface area contributed by atoms with Gasteiger partial charge in [0.15, 0.2) is 0 Å². The molecule has 0 radical (unpaired) electrons. The fourth-order valence-corrected chi connectivity index (χ4v) is 3.29. The van der Waals surface area contributed by atoms with Crippen LogP contribution in [0, 0.1) is 13.8 Å². The number of aryl methyl sites for hydroxylation is 1. The second kappa shape index (κ2) is 9.13. The van der Waals surface area contributed by atoms with Crippen LogP contribution in [0.15, 0.2) is 91.0 Å². The van der Waals surface area contributed by atoms with Gasteiger partial charge < -0.3 is 10.1 Å². The minimum atomic E-state index is -0.206. The zero-order chi connectivity index (χ0) is 21.6. The summed E-state index contributed by atoms with van der Waals surface area (Å²) in [5.74, 6) is 1.27. The van der Waals surface area contributed by atoms with E-state index in [-0.39, 0.29) is 5.91 Å². The Morgan fingerprint density at radius 1 is 0.871 bits per heavy atom. The number of benzene rings is 3. The van der Waals surface area contributed by atoms with Gasteiger partial charge in [-0.15, -0.1) is 0 Å². The zero-order valence-electron chi connectivity index (χ0n) is 17.4. The Morgan fingerprint density at radius 2 is 1.48 bits per heavy atom. The first kappa shape index (κ1) is 20.2. The van der Waals surface area contributed by atoms with Crippen LogP contribution >= 0.6 is 0 Å². The van der Waals surface area contributed by atoms with Crippen molar-refractivity contribution >= 4 is 17.7 Å². The molecule has 1 N–H and O–H groups in total. The van der Waals surface area contributed by atoms with Crippen LogP contribution in [-0.2, 0) is 4.79 Å². The number of hydrogen-bond donors (Lipinski definition) is 1. The maximum Gasteiger partial charge on any atom is 0.248 e. The standard InChI is InChI=1S/C26H23N3O2/c1-19-25(20(2)29(28-19)22-9-5-3-6-10-22)17-18-26(30)27-21-13-15-24(16-14-21)31-23-11-7-4-8-12-23/h3-18H,1-2H3,(H,27,30). The number of amides is 1. The van der Waals surface area contributed by atoms with Crippen LogP contribution < -0.4 is 10.1 Å². The summed E-state index contributed by atoms with van der Waals surface area (Å²) >= 11 is 0. The van der Waals surface area contributed by atoms with Crippen molar-refractivity contribution in [2.45, 2.75) is 13.8 Å². The number of rotatable bonds is 6. The van der Waals surface area contributed by atoms with Crippen LogP contribution in [0.25, 0.3) is 11.8 Å². The van der Waals surface area contributed by atoms with Gasteiger partial charge in [-0.1, -0.05) is 36.4 Å². The molecule has 0 atom stereocenters. The monoisotopic (exact) mass is 409 g/mol. The lowest BCUT2D eigenvalue weighted by Crippen LogP contribution is -2.07. The van der Waals surface area contributed by atoms with Gasteiger partial charge in [-0.2, -0.15) is 5.10 Å². The quantitative estimate of drug-likeness (QED) is 0.401. The van der Waals surface area contributed by atoms with Crippen molar-refractivity contribution in [2.75, 3.05) is 5.32 Å². The SMILES string of the molecule is Cc1nn(-c2ccccc2)c(C)c1C=CC(=O)Nc1ccc(Oc2ccccc2)cc1. The number of anilines is 1. The summed E-state index contributed by atoms with van der Waals surface area (Å²) in [6, 6.07) is 26.8. The minimum absolute atomic E-state index is 0.206. The summed E-state index contributed by atoms with van der Waals surface area (Å²) in [5.41, 5.74) is 4.47. The van der Waals surface area contributed by atoms with Crippen molar-refractivity contribution < 1.29 is 9.53 Å². The third-order valence-corrected chi connectivity index (χ3v) is 4.85. The average Bonchev–Trinajstić information content (AvgIpc) is 3.08. The Kier molecular flexibility index (Phi) is 5.94. The highest BCUT2D eigenvalue weighted by atomic mass is 16.5. The van der Waals surface area contributed by atoms with Gasteiger partial charge in [0.05, 0.1) is 11.4 Å². The van der Waals surface area contributed by atoms with Crippen LogP contribution in [0.3, 0.4) is 0 Å². The van der Waals surface area contributed by atoms with E-state index in [4.69, 9.17) is 4.74 Å². The Hall–Kier alpha value is -4.12. The van der Waals surface area contributed by atoms with Crippen molar-refractivity contribution in [3.05, 3.63) is 108 Å². The van der Waals surface area contributed by atoms with E-state index in [1.54, 1.807) is 6.08 Å². The maximum absolute atomic E-state index is 12.4. The topological polar surface area (TPSA) is 56.2 Å². The van der Waals surface area contributed by atoms with Crippen molar-refractivity contribution in [2.24, 2.45) is 0 Å². The normalized spacial score (nSPS) is 10.9. The second-order valence-electron chi connectivity index (χ2n) is 7.09. The van der Waals surface area contributed by atoms with Gasteiger partial charge in [0.1, 0.15) is 11.5 Å². The largest absolute Gasteiger partial charge is 0.457 e. The predicted octanol–water partition coefficient (Wildman–Crippen LogP) is 5.93. The molecule has 0 spiro atoms.